The molecule has 0 aliphatic heterocycles. The fraction of sp³-hybridized carbons (Fsp3) is 0.500. The molecule has 0 aliphatic carbocycles. The van der Waals surface area contributed by atoms with E-state index in [2.05, 4.69) is 13.8 Å². The first-order valence-corrected chi connectivity index (χ1v) is 6.34. The summed E-state index contributed by atoms with van der Waals surface area (Å²) < 4.78 is 0. The quantitative estimate of drug-likeness (QED) is 0.753. The number of amides is 1. The summed E-state index contributed by atoms with van der Waals surface area (Å²) in [5.74, 6) is 0.377. The van der Waals surface area contributed by atoms with E-state index in [1.807, 2.05) is 44.3 Å². The molecule has 0 aromatic heterocycles. The zero-order valence-electron chi connectivity index (χ0n) is 10.9. The number of benzene rings is 1. The van der Waals surface area contributed by atoms with Crippen molar-refractivity contribution in [1.29, 1.82) is 0 Å². The maximum Gasteiger partial charge on any atom is 0.245 e. The van der Waals surface area contributed by atoms with Crippen LogP contribution in [0, 0.1) is 5.92 Å². The monoisotopic (exact) mass is 253 g/mol. The molecule has 2 atom stereocenters. The van der Waals surface area contributed by atoms with Crippen LogP contribution < -0.4 is 0 Å². The lowest BCUT2D eigenvalue weighted by molar-refractivity contribution is -0.132. The van der Waals surface area contributed by atoms with Crippen LogP contribution >= 0.6 is 11.6 Å². The van der Waals surface area contributed by atoms with Crippen molar-refractivity contribution in [3.63, 3.8) is 0 Å². The van der Waals surface area contributed by atoms with Crippen LogP contribution in [0.25, 0.3) is 0 Å². The van der Waals surface area contributed by atoms with Gasteiger partial charge in [-0.25, -0.2) is 0 Å². The van der Waals surface area contributed by atoms with Crippen LogP contribution in [0.5, 0.6) is 0 Å². The van der Waals surface area contributed by atoms with Gasteiger partial charge in [0, 0.05) is 13.1 Å². The third kappa shape index (κ3) is 3.47. The Bertz CT molecular complexity index is 364. The number of halogens is 1. The molecule has 2 unspecified atom stereocenters. The third-order valence-electron chi connectivity index (χ3n) is 3.23. The Morgan fingerprint density at radius 1 is 1.18 bits per heavy atom. The normalized spacial score (nSPS) is 14.5. The summed E-state index contributed by atoms with van der Waals surface area (Å²) in [5, 5.41) is -0.595. The Labute approximate surface area is 109 Å². The predicted molar refractivity (Wildman–Crippen MR) is 72.1 cm³/mol. The minimum atomic E-state index is -0.595. The number of hydrogen-bond donors (Lipinski definition) is 0. The zero-order valence-corrected chi connectivity index (χ0v) is 11.6. The van der Waals surface area contributed by atoms with E-state index in [4.69, 9.17) is 11.6 Å². The molecule has 0 aliphatic rings. The number of hydrogen-bond acceptors (Lipinski definition) is 1. The van der Waals surface area contributed by atoms with Gasteiger partial charge in [-0.05, 0) is 18.4 Å². The molecule has 0 saturated heterocycles. The van der Waals surface area contributed by atoms with E-state index < -0.39 is 5.38 Å². The van der Waals surface area contributed by atoms with Crippen LogP contribution in [-0.4, -0.2) is 23.9 Å². The molecule has 2 nitrogen and oxygen atoms in total. The van der Waals surface area contributed by atoms with Gasteiger partial charge in [-0.1, -0.05) is 44.2 Å². The van der Waals surface area contributed by atoms with Crippen molar-refractivity contribution in [3.8, 4) is 0 Å². The molecule has 0 spiro atoms. The topological polar surface area (TPSA) is 20.3 Å². The van der Waals surface area contributed by atoms with Crippen molar-refractivity contribution in [1.82, 2.24) is 4.90 Å². The second-order valence-electron chi connectivity index (χ2n) is 4.71. The summed E-state index contributed by atoms with van der Waals surface area (Å²) in [6, 6.07) is 9.64. The lowest BCUT2D eigenvalue weighted by Gasteiger charge is -2.29. The second-order valence-corrected chi connectivity index (χ2v) is 5.14. The summed E-state index contributed by atoms with van der Waals surface area (Å²) in [7, 11) is 1.81. The van der Waals surface area contributed by atoms with Gasteiger partial charge in [-0.3, -0.25) is 4.79 Å². The molecule has 1 aromatic carbocycles. The van der Waals surface area contributed by atoms with Crippen molar-refractivity contribution in [2.24, 2.45) is 5.92 Å². The van der Waals surface area contributed by atoms with Gasteiger partial charge < -0.3 is 4.90 Å². The Kier molecular flexibility index (Phi) is 5.01. The fourth-order valence-electron chi connectivity index (χ4n) is 1.59. The molecule has 1 rings (SSSR count). The SMILES string of the molecule is CC(C)C(C)N(C)C(=O)C(Cl)c1ccccc1. The second kappa shape index (κ2) is 6.06. The summed E-state index contributed by atoms with van der Waals surface area (Å²) in [4.78, 5) is 13.9. The Hall–Kier alpha value is -1.02. The minimum Gasteiger partial charge on any atom is -0.341 e. The summed E-state index contributed by atoms with van der Waals surface area (Å²) >= 11 is 6.21. The summed E-state index contributed by atoms with van der Waals surface area (Å²) in [6.45, 7) is 6.23. The van der Waals surface area contributed by atoms with Crippen molar-refractivity contribution in [2.45, 2.75) is 32.2 Å². The molecule has 1 aromatic rings. The van der Waals surface area contributed by atoms with Gasteiger partial charge in [-0.15, -0.1) is 11.6 Å². The molecule has 17 heavy (non-hydrogen) atoms. The third-order valence-corrected chi connectivity index (χ3v) is 3.67. The molecular weight excluding hydrogens is 234 g/mol. The molecule has 1 amide bonds. The van der Waals surface area contributed by atoms with Gasteiger partial charge in [-0.2, -0.15) is 0 Å². The van der Waals surface area contributed by atoms with Crippen LogP contribution in [0.1, 0.15) is 31.7 Å². The highest BCUT2D eigenvalue weighted by atomic mass is 35.5. The van der Waals surface area contributed by atoms with Crippen LogP contribution in [0.2, 0.25) is 0 Å². The Morgan fingerprint density at radius 3 is 2.18 bits per heavy atom. The van der Waals surface area contributed by atoms with Crippen LogP contribution in [-0.2, 0) is 4.79 Å². The molecule has 0 fully saturated rings. The molecule has 0 bridgehead atoms. The van der Waals surface area contributed by atoms with E-state index in [1.165, 1.54) is 0 Å². The molecule has 0 radical (unpaired) electrons. The smallest absolute Gasteiger partial charge is 0.245 e. The Morgan fingerprint density at radius 2 is 1.71 bits per heavy atom. The average molecular weight is 254 g/mol. The van der Waals surface area contributed by atoms with Crippen molar-refractivity contribution >= 4 is 17.5 Å². The molecule has 94 valence electrons. The zero-order chi connectivity index (χ0) is 13.0. The van der Waals surface area contributed by atoms with Crippen molar-refractivity contribution in [3.05, 3.63) is 35.9 Å². The number of likely N-dealkylation sites (N-methyl/N-ethyl adjacent to an activating group) is 1. The largest absolute Gasteiger partial charge is 0.341 e. The highest BCUT2D eigenvalue weighted by molar-refractivity contribution is 6.30. The maximum atomic E-state index is 12.2. The highest BCUT2D eigenvalue weighted by Crippen LogP contribution is 2.24. The molecule has 0 heterocycles. The summed E-state index contributed by atoms with van der Waals surface area (Å²) in [5.41, 5.74) is 0.849. The van der Waals surface area contributed by atoms with E-state index in [-0.39, 0.29) is 11.9 Å². The predicted octanol–water partition coefficient (Wildman–Crippen LogP) is 3.47. The van der Waals surface area contributed by atoms with E-state index in [0.29, 0.717) is 5.92 Å². The van der Waals surface area contributed by atoms with Gasteiger partial charge in [0.25, 0.3) is 0 Å². The number of nitrogens with zero attached hydrogens (tertiary/aromatic N) is 1. The fourth-order valence-corrected chi connectivity index (χ4v) is 1.89. The van der Waals surface area contributed by atoms with Crippen molar-refractivity contribution in [2.75, 3.05) is 7.05 Å². The average Bonchev–Trinajstić information content (AvgIpc) is 2.36. The first kappa shape index (κ1) is 14.0. The van der Waals surface area contributed by atoms with Crippen LogP contribution in [0.4, 0.5) is 0 Å². The van der Waals surface area contributed by atoms with Gasteiger partial charge >= 0.3 is 0 Å². The van der Waals surface area contributed by atoms with Gasteiger partial charge in [0.2, 0.25) is 5.91 Å². The number of carbonyl (C=O) groups is 1. The maximum absolute atomic E-state index is 12.2. The van der Waals surface area contributed by atoms with Crippen LogP contribution in [0.15, 0.2) is 30.3 Å². The minimum absolute atomic E-state index is 0.0425. The standard InChI is InChI=1S/C14H20ClNO/c1-10(2)11(3)16(4)14(17)13(15)12-8-6-5-7-9-12/h5-11,13H,1-4H3. The number of rotatable bonds is 4. The lowest BCUT2D eigenvalue weighted by atomic mass is 10.0. The van der Waals surface area contributed by atoms with E-state index in [0.717, 1.165) is 5.56 Å². The molecule has 0 saturated carbocycles. The summed E-state index contributed by atoms with van der Waals surface area (Å²) in [6.07, 6.45) is 0. The first-order chi connectivity index (χ1) is 7.95. The van der Waals surface area contributed by atoms with Gasteiger partial charge in [0.15, 0.2) is 0 Å². The molecular formula is C14H20ClNO. The van der Waals surface area contributed by atoms with E-state index >= 15 is 0 Å². The number of alkyl halides is 1. The molecule has 3 heteroatoms. The van der Waals surface area contributed by atoms with Gasteiger partial charge in [0.05, 0.1) is 0 Å². The Balaban J connectivity index is 2.77. The van der Waals surface area contributed by atoms with Gasteiger partial charge in [0.1, 0.15) is 5.38 Å². The van der Waals surface area contributed by atoms with E-state index in [1.54, 1.807) is 4.90 Å². The lowest BCUT2D eigenvalue weighted by Crippen LogP contribution is -2.39. The van der Waals surface area contributed by atoms with Crippen molar-refractivity contribution < 1.29 is 4.79 Å². The van der Waals surface area contributed by atoms with Crippen LogP contribution in [0.3, 0.4) is 0 Å². The first-order valence-electron chi connectivity index (χ1n) is 5.90. The highest BCUT2D eigenvalue weighted by Gasteiger charge is 2.25. The van der Waals surface area contributed by atoms with E-state index in [9.17, 15) is 4.79 Å². The number of carbonyl (C=O) groups excluding carboxylic acids is 1. The molecule has 0 N–H and O–H groups in total.